The zero-order valence-electron chi connectivity index (χ0n) is 10.1. The minimum absolute atomic E-state index is 0.0469. The number of halogens is 2. The van der Waals surface area contributed by atoms with Crippen LogP contribution in [0.2, 0.25) is 0 Å². The molecule has 8 heteroatoms. The Morgan fingerprint density at radius 2 is 2.05 bits per heavy atom. The lowest BCUT2D eigenvalue weighted by atomic mass is 10.3. The zero-order valence-corrected chi connectivity index (χ0v) is 13.4. The summed E-state index contributed by atoms with van der Waals surface area (Å²) in [5.74, 6) is -0.657. The largest absolute Gasteiger partial charge is 0.396 e. The van der Waals surface area contributed by atoms with E-state index in [0.717, 1.165) is 16.2 Å². The van der Waals surface area contributed by atoms with Gasteiger partial charge in [0.2, 0.25) is 0 Å². The molecule has 2 aromatic rings. The maximum atomic E-state index is 13.6. The maximum absolute atomic E-state index is 13.6. The van der Waals surface area contributed by atoms with Gasteiger partial charge in [0.15, 0.2) is 0 Å². The first-order valence-electron chi connectivity index (χ1n) is 5.60. The quantitative estimate of drug-likeness (QED) is 0.838. The lowest BCUT2D eigenvalue weighted by Gasteiger charge is -2.07. The van der Waals surface area contributed by atoms with Gasteiger partial charge in [0.25, 0.3) is 10.0 Å². The molecule has 0 atom stereocenters. The minimum Gasteiger partial charge on any atom is -0.396 e. The van der Waals surface area contributed by atoms with Crippen LogP contribution in [0, 0.1) is 5.82 Å². The van der Waals surface area contributed by atoms with Gasteiger partial charge in [-0.05, 0) is 30.3 Å². The van der Waals surface area contributed by atoms with Crippen molar-refractivity contribution in [2.75, 3.05) is 11.3 Å². The number of nitrogens with one attached hydrogen (secondary N) is 1. The summed E-state index contributed by atoms with van der Waals surface area (Å²) >= 11 is 4.15. The SMILES string of the molecule is O=S(=O)(Nc1ccc(Br)cc1F)c1ccc(CCO)s1. The maximum Gasteiger partial charge on any atom is 0.271 e. The average Bonchev–Trinajstić information content (AvgIpc) is 2.83. The standard InChI is InChI=1S/C12H11BrFNO3S2/c13-8-1-3-11(10(14)7-8)15-20(17,18)12-4-2-9(19-12)5-6-16/h1-4,7,15-16H,5-6H2. The van der Waals surface area contributed by atoms with E-state index in [4.69, 9.17) is 5.11 Å². The molecule has 0 aliphatic carbocycles. The van der Waals surface area contributed by atoms with E-state index in [0.29, 0.717) is 10.9 Å². The van der Waals surface area contributed by atoms with Crippen molar-refractivity contribution >= 4 is 43.0 Å². The summed E-state index contributed by atoms with van der Waals surface area (Å²) in [6.45, 7) is -0.0469. The van der Waals surface area contributed by atoms with Gasteiger partial charge in [-0.1, -0.05) is 15.9 Å². The summed E-state index contributed by atoms with van der Waals surface area (Å²) in [6.07, 6.45) is 0.396. The number of anilines is 1. The van der Waals surface area contributed by atoms with Crippen LogP contribution in [-0.2, 0) is 16.4 Å². The predicted octanol–water partition coefficient (Wildman–Crippen LogP) is 2.99. The number of thiophene rings is 1. The van der Waals surface area contributed by atoms with Crippen molar-refractivity contribution in [3.05, 3.63) is 45.5 Å². The van der Waals surface area contributed by atoms with Gasteiger partial charge in [-0.15, -0.1) is 11.3 Å². The predicted molar refractivity (Wildman–Crippen MR) is 80.0 cm³/mol. The summed E-state index contributed by atoms with van der Waals surface area (Å²) in [5, 5.41) is 8.82. The number of benzene rings is 1. The molecule has 0 saturated heterocycles. The fourth-order valence-electron chi connectivity index (χ4n) is 1.51. The fraction of sp³-hybridized carbons (Fsp3) is 0.167. The molecule has 108 valence electrons. The highest BCUT2D eigenvalue weighted by Crippen LogP contribution is 2.26. The van der Waals surface area contributed by atoms with E-state index < -0.39 is 15.8 Å². The molecule has 0 aliphatic rings. The number of aliphatic hydroxyl groups is 1. The Hall–Kier alpha value is -0.960. The third-order valence-corrected chi connectivity index (χ3v) is 5.93. The molecule has 0 bridgehead atoms. The summed E-state index contributed by atoms with van der Waals surface area (Å²) in [5.41, 5.74) is -0.106. The van der Waals surface area contributed by atoms with Gasteiger partial charge < -0.3 is 5.11 Å². The molecule has 0 radical (unpaired) electrons. The molecule has 0 amide bonds. The highest BCUT2D eigenvalue weighted by Gasteiger charge is 2.18. The van der Waals surface area contributed by atoms with E-state index in [1.165, 1.54) is 18.2 Å². The number of aliphatic hydroxyl groups excluding tert-OH is 1. The molecule has 0 aliphatic heterocycles. The smallest absolute Gasteiger partial charge is 0.271 e. The van der Waals surface area contributed by atoms with Gasteiger partial charge in [0, 0.05) is 22.4 Å². The summed E-state index contributed by atoms with van der Waals surface area (Å²) < 4.78 is 40.7. The molecular weight excluding hydrogens is 369 g/mol. The molecule has 2 N–H and O–H groups in total. The second kappa shape index (κ2) is 6.21. The Balaban J connectivity index is 2.26. The van der Waals surface area contributed by atoms with Crippen molar-refractivity contribution in [2.24, 2.45) is 0 Å². The molecule has 0 saturated carbocycles. The van der Waals surface area contributed by atoms with E-state index in [1.54, 1.807) is 12.1 Å². The van der Waals surface area contributed by atoms with Crippen LogP contribution in [0.1, 0.15) is 4.88 Å². The summed E-state index contributed by atoms with van der Waals surface area (Å²) in [6, 6.07) is 7.15. The molecule has 0 fully saturated rings. The highest BCUT2D eigenvalue weighted by atomic mass is 79.9. The molecule has 1 aromatic heterocycles. The number of hydrogen-bond donors (Lipinski definition) is 2. The van der Waals surface area contributed by atoms with Crippen LogP contribution in [0.3, 0.4) is 0 Å². The van der Waals surface area contributed by atoms with Crippen LogP contribution in [0.4, 0.5) is 10.1 Å². The van der Waals surface area contributed by atoms with E-state index in [9.17, 15) is 12.8 Å². The Morgan fingerprint density at radius 1 is 1.30 bits per heavy atom. The first-order chi connectivity index (χ1) is 9.42. The first-order valence-corrected chi connectivity index (χ1v) is 8.69. The van der Waals surface area contributed by atoms with Crippen LogP contribution in [-0.4, -0.2) is 20.1 Å². The normalized spacial score (nSPS) is 11.6. The molecular formula is C12H11BrFNO3S2. The third-order valence-electron chi connectivity index (χ3n) is 2.44. The van der Waals surface area contributed by atoms with Crippen molar-refractivity contribution in [1.82, 2.24) is 0 Å². The van der Waals surface area contributed by atoms with Gasteiger partial charge in [-0.3, -0.25) is 4.72 Å². The van der Waals surface area contributed by atoms with E-state index >= 15 is 0 Å². The first kappa shape index (κ1) is 15.4. The van der Waals surface area contributed by atoms with Crippen LogP contribution < -0.4 is 4.72 Å². The third kappa shape index (κ3) is 3.57. The van der Waals surface area contributed by atoms with E-state index in [2.05, 4.69) is 20.7 Å². The van der Waals surface area contributed by atoms with Crippen LogP contribution in [0.5, 0.6) is 0 Å². The van der Waals surface area contributed by atoms with Gasteiger partial charge in [-0.25, -0.2) is 12.8 Å². The molecule has 20 heavy (non-hydrogen) atoms. The van der Waals surface area contributed by atoms with Crippen LogP contribution in [0.25, 0.3) is 0 Å². The molecule has 1 heterocycles. The lowest BCUT2D eigenvalue weighted by Crippen LogP contribution is -2.12. The second-order valence-electron chi connectivity index (χ2n) is 3.92. The molecule has 0 spiro atoms. The lowest BCUT2D eigenvalue weighted by molar-refractivity contribution is 0.300. The molecule has 4 nitrogen and oxygen atoms in total. The highest BCUT2D eigenvalue weighted by molar-refractivity contribution is 9.10. The van der Waals surface area contributed by atoms with Crippen molar-refractivity contribution in [3.8, 4) is 0 Å². The Kier molecular flexibility index (Phi) is 4.79. The molecule has 1 aromatic carbocycles. The number of sulfonamides is 1. The van der Waals surface area contributed by atoms with Crippen molar-refractivity contribution < 1.29 is 17.9 Å². The molecule has 2 rings (SSSR count). The topological polar surface area (TPSA) is 66.4 Å². The summed E-state index contributed by atoms with van der Waals surface area (Å²) in [7, 11) is -3.81. The number of rotatable bonds is 5. The Bertz CT molecular complexity index is 715. The van der Waals surface area contributed by atoms with Gasteiger partial charge in [-0.2, -0.15) is 0 Å². The van der Waals surface area contributed by atoms with Crippen molar-refractivity contribution in [1.29, 1.82) is 0 Å². The van der Waals surface area contributed by atoms with Gasteiger partial charge in [0.1, 0.15) is 10.0 Å². The number of hydrogen-bond acceptors (Lipinski definition) is 4. The second-order valence-corrected chi connectivity index (χ2v) is 7.92. The minimum atomic E-state index is -3.81. The van der Waals surface area contributed by atoms with Crippen molar-refractivity contribution in [2.45, 2.75) is 10.6 Å². The van der Waals surface area contributed by atoms with Crippen LogP contribution in [0.15, 0.2) is 39.0 Å². The Morgan fingerprint density at radius 3 is 2.70 bits per heavy atom. The van der Waals surface area contributed by atoms with Gasteiger partial charge in [0.05, 0.1) is 5.69 Å². The average molecular weight is 380 g/mol. The Labute approximate surface area is 128 Å². The van der Waals surface area contributed by atoms with E-state index in [-0.39, 0.29) is 16.5 Å². The fourth-order valence-corrected chi connectivity index (χ4v) is 4.26. The molecule has 0 unspecified atom stereocenters. The van der Waals surface area contributed by atoms with E-state index in [1.807, 2.05) is 0 Å². The van der Waals surface area contributed by atoms with Crippen molar-refractivity contribution in [3.63, 3.8) is 0 Å². The monoisotopic (exact) mass is 379 g/mol. The zero-order chi connectivity index (χ0) is 14.8. The summed E-state index contributed by atoms with van der Waals surface area (Å²) in [4.78, 5) is 0.754. The van der Waals surface area contributed by atoms with Gasteiger partial charge >= 0.3 is 0 Å². The van der Waals surface area contributed by atoms with Crippen LogP contribution >= 0.6 is 27.3 Å².